The summed E-state index contributed by atoms with van der Waals surface area (Å²) in [5.41, 5.74) is 0.284. The molecular weight excluding hydrogens is 334 g/mol. The van der Waals surface area contributed by atoms with E-state index in [1.54, 1.807) is 0 Å². The van der Waals surface area contributed by atoms with Crippen molar-refractivity contribution < 1.29 is 14.9 Å². The molecule has 1 saturated heterocycles. The van der Waals surface area contributed by atoms with Gasteiger partial charge in [0.15, 0.2) is 0 Å². The molecule has 0 spiro atoms. The van der Waals surface area contributed by atoms with Crippen molar-refractivity contribution in [2.45, 2.75) is 31.0 Å². The largest absolute Gasteiger partial charge is 0.388 e. The minimum absolute atomic E-state index is 0.468. The first-order valence-corrected chi connectivity index (χ1v) is 8.20. The molecular formula is C16H24BrNO3. The van der Waals surface area contributed by atoms with Gasteiger partial charge < -0.3 is 19.8 Å². The Balaban J connectivity index is 1.77. The number of benzene rings is 1. The van der Waals surface area contributed by atoms with E-state index in [-0.39, 0.29) is 0 Å². The molecule has 21 heavy (non-hydrogen) atoms. The Kier molecular flexibility index (Phi) is 6.20. The lowest BCUT2D eigenvalue weighted by Crippen LogP contribution is -2.46. The molecule has 0 bridgehead atoms. The van der Waals surface area contributed by atoms with E-state index in [1.807, 2.05) is 31.3 Å². The van der Waals surface area contributed by atoms with Crippen LogP contribution in [0.5, 0.6) is 0 Å². The van der Waals surface area contributed by atoms with Gasteiger partial charge >= 0.3 is 0 Å². The van der Waals surface area contributed by atoms with Gasteiger partial charge in [-0.1, -0.05) is 28.1 Å². The predicted molar refractivity (Wildman–Crippen MR) is 86.2 cm³/mol. The molecule has 0 saturated carbocycles. The van der Waals surface area contributed by atoms with Gasteiger partial charge in [-0.3, -0.25) is 0 Å². The maximum atomic E-state index is 10.5. The maximum absolute atomic E-state index is 10.5. The molecule has 0 aliphatic carbocycles. The van der Waals surface area contributed by atoms with Crippen LogP contribution in [-0.4, -0.2) is 54.1 Å². The third kappa shape index (κ3) is 5.34. The van der Waals surface area contributed by atoms with Crippen molar-refractivity contribution in [3.8, 4) is 0 Å². The number of ether oxygens (including phenoxy) is 1. The maximum Gasteiger partial charge on any atom is 0.0817 e. The summed E-state index contributed by atoms with van der Waals surface area (Å²) in [6.45, 7) is 2.64. The van der Waals surface area contributed by atoms with Crippen LogP contribution >= 0.6 is 15.9 Å². The van der Waals surface area contributed by atoms with E-state index in [0.717, 1.165) is 16.6 Å². The number of halogens is 1. The number of aliphatic hydroxyl groups is 2. The Morgan fingerprint density at radius 3 is 2.52 bits per heavy atom. The quantitative estimate of drug-likeness (QED) is 0.820. The van der Waals surface area contributed by atoms with Crippen LogP contribution in [0, 0.1) is 0 Å². The van der Waals surface area contributed by atoms with Crippen molar-refractivity contribution in [1.29, 1.82) is 0 Å². The fourth-order valence-electron chi connectivity index (χ4n) is 2.69. The summed E-state index contributed by atoms with van der Waals surface area (Å²) in [6.07, 6.45) is 1.56. The molecule has 0 aromatic heterocycles. The molecule has 2 N–H and O–H groups in total. The molecule has 0 radical (unpaired) electrons. The standard InChI is InChI=1S/C16H24BrNO3/c1-18(12-16(20)7-10-21-11-8-16)9-6-15(19)13-2-4-14(17)5-3-13/h2-5,15,19-20H,6-12H2,1H3. The number of aliphatic hydroxyl groups excluding tert-OH is 1. The molecule has 5 heteroatoms. The third-order valence-corrected chi connectivity index (χ3v) is 4.56. The van der Waals surface area contributed by atoms with Crippen molar-refractivity contribution in [3.05, 3.63) is 34.3 Å². The van der Waals surface area contributed by atoms with E-state index in [2.05, 4.69) is 20.8 Å². The van der Waals surface area contributed by atoms with Gasteiger partial charge in [-0.25, -0.2) is 0 Å². The molecule has 2 rings (SSSR count). The minimum Gasteiger partial charge on any atom is -0.388 e. The minimum atomic E-state index is -0.643. The van der Waals surface area contributed by atoms with Crippen molar-refractivity contribution in [1.82, 2.24) is 4.90 Å². The zero-order valence-electron chi connectivity index (χ0n) is 12.5. The van der Waals surface area contributed by atoms with E-state index in [0.29, 0.717) is 39.0 Å². The predicted octanol–water partition coefficient (Wildman–Crippen LogP) is 2.35. The number of likely N-dealkylation sites (N-methyl/N-ethyl adjacent to an activating group) is 1. The van der Waals surface area contributed by atoms with Crippen LogP contribution in [0.3, 0.4) is 0 Å². The van der Waals surface area contributed by atoms with Crippen molar-refractivity contribution in [2.75, 3.05) is 33.4 Å². The van der Waals surface area contributed by atoms with E-state index < -0.39 is 11.7 Å². The summed E-state index contributed by atoms with van der Waals surface area (Å²) in [5, 5.41) is 20.7. The van der Waals surface area contributed by atoms with Crippen LogP contribution in [0.2, 0.25) is 0 Å². The summed E-state index contributed by atoms with van der Waals surface area (Å²) in [4.78, 5) is 2.09. The highest BCUT2D eigenvalue weighted by molar-refractivity contribution is 9.10. The Labute approximate surface area is 134 Å². The van der Waals surface area contributed by atoms with Crippen LogP contribution in [0.4, 0.5) is 0 Å². The lowest BCUT2D eigenvalue weighted by Gasteiger charge is -2.35. The number of nitrogens with zero attached hydrogens (tertiary/aromatic N) is 1. The van der Waals surface area contributed by atoms with E-state index in [9.17, 15) is 10.2 Å². The van der Waals surface area contributed by atoms with Crippen molar-refractivity contribution in [2.24, 2.45) is 0 Å². The highest BCUT2D eigenvalue weighted by Gasteiger charge is 2.30. The second-order valence-corrected chi connectivity index (χ2v) is 6.85. The average Bonchev–Trinajstić information content (AvgIpc) is 2.46. The molecule has 0 amide bonds. The molecule has 1 aliphatic rings. The SMILES string of the molecule is CN(CCC(O)c1ccc(Br)cc1)CC1(O)CCOCC1. The highest BCUT2D eigenvalue weighted by Crippen LogP contribution is 2.23. The smallest absolute Gasteiger partial charge is 0.0817 e. The molecule has 1 unspecified atom stereocenters. The number of hydrogen-bond acceptors (Lipinski definition) is 4. The van der Waals surface area contributed by atoms with Crippen LogP contribution < -0.4 is 0 Å². The Morgan fingerprint density at radius 2 is 1.90 bits per heavy atom. The highest BCUT2D eigenvalue weighted by atomic mass is 79.9. The summed E-state index contributed by atoms with van der Waals surface area (Å²) in [6, 6.07) is 7.74. The molecule has 4 nitrogen and oxygen atoms in total. The van der Waals surface area contributed by atoms with E-state index >= 15 is 0 Å². The number of hydrogen-bond donors (Lipinski definition) is 2. The molecule has 1 aromatic carbocycles. The summed E-state index contributed by atoms with van der Waals surface area (Å²) in [5.74, 6) is 0. The first-order chi connectivity index (χ1) is 9.98. The summed E-state index contributed by atoms with van der Waals surface area (Å²) >= 11 is 3.39. The lowest BCUT2D eigenvalue weighted by molar-refractivity contribution is -0.0776. The van der Waals surface area contributed by atoms with Crippen LogP contribution in [0.25, 0.3) is 0 Å². The second kappa shape index (κ2) is 7.70. The molecule has 118 valence electrons. The third-order valence-electron chi connectivity index (χ3n) is 4.03. The van der Waals surface area contributed by atoms with Gasteiger partial charge in [-0.15, -0.1) is 0 Å². The fourth-order valence-corrected chi connectivity index (χ4v) is 2.95. The van der Waals surface area contributed by atoms with Gasteiger partial charge in [-0.05, 0) is 31.2 Å². The van der Waals surface area contributed by atoms with Gasteiger partial charge in [0.1, 0.15) is 0 Å². The molecule has 1 heterocycles. The Bertz CT molecular complexity index is 432. The Morgan fingerprint density at radius 1 is 1.29 bits per heavy atom. The van der Waals surface area contributed by atoms with Gasteiger partial charge in [0.2, 0.25) is 0 Å². The van der Waals surface area contributed by atoms with Gasteiger partial charge in [-0.2, -0.15) is 0 Å². The first kappa shape index (κ1) is 16.9. The summed E-state index contributed by atoms with van der Waals surface area (Å²) in [7, 11) is 1.99. The van der Waals surface area contributed by atoms with Gasteiger partial charge in [0.05, 0.1) is 11.7 Å². The van der Waals surface area contributed by atoms with Crippen LogP contribution in [0.15, 0.2) is 28.7 Å². The number of rotatable bonds is 6. The molecule has 1 aliphatic heterocycles. The van der Waals surface area contributed by atoms with Crippen molar-refractivity contribution >= 4 is 15.9 Å². The topological polar surface area (TPSA) is 52.9 Å². The Hall–Kier alpha value is -0.460. The van der Waals surface area contributed by atoms with E-state index in [1.165, 1.54) is 0 Å². The lowest BCUT2D eigenvalue weighted by atomic mass is 9.94. The van der Waals surface area contributed by atoms with Gasteiger partial charge in [0.25, 0.3) is 0 Å². The molecule has 1 atom stereocenters. The van der Waals surface area contributed by atoms with Crippen LogP contribution in [0.1, 0.15) is 30.9 Å². The average molecular weight is 358 g/mol. The summed E-state index contributed by atoms with van der Waals surface area (Å²) < 4.78 is 6.30. The fraction of sp³-hybridized carbons (Fsp3) is 0.625. The zero-order valence-corrected chi connectivity index (χ0v) is 14.1. The molecule has 1 aromatic rings. The monoisotopic (exact) mass is 357 g/mol. The molecule has 1 fully saturated rings. The van der Waals surface area contributed by atoms with Crippen LogP contribution in [-0.2, 0) is 4.74 Å². The van der Waals surface area contributed by atoms with Gasteiger partial charge in [0, 0.05) is 43.6 Å². The van der Waals surface area contributed by atoms with Crippen molar-refractivity contribution in [3.63, 3.8) is 0 Å². The van der Waals surface area contributed by atoms with E-state index in [4.69, 9.17) is 4.74 Å². The zero-order chi connectivity index (χ0) is 15.3. The first-order valence-electron chi connectivity index (χ1n) is 7.41. The normalized spacial score (nSPS) is 19.7. The second-order valence-electron chi connectivity index (χ2n) is 5.93.